The van der Waals surface area contributed by atoms with E-state index in [1.165, 1.54) is 70.2 Å². The fourth-order valence-corrected chi connectivity index (χ4v) is 9.21. The van der Waals surface area contributed by atoms with E-state index in [-0.39, 0.29) is 0 Å². The SMILES string of the molecule is c1ccc(-c2ccccc2N(c2ccc3c(c2)oc2ccccc23)c2cc3ccc4cccc5c6cccc7ccc8cccc(c(c2)c3c45)c8c76)cc1. The third-order valence-electron chi connectivity index (χ3n) is 11.5. The van der Waals surface area contributed by atoms with Gasteiger partial charge in [-0.25, -0.2) is 0 Å². The van der Waals surface area contributed by atoms with Gasteiger partial charge in [-0.15, -0.1) is 0 Å². The van der Waals surface area contributed by atoms with Crippen molar-refractivity contribution in [3.05, 3.63) is 188 Å². The Balaban J connectivity index is 1.25. The standard InChI is InChI=1S/C52H31NO/c1-2-11-32(12-3-1)39-16-4-6-21-46(39)53(37-27-28-41-40-17-5-7-22-47(40)54-48(41)31-37)38-29-36-26-25-35-14-9-19-43-42-18-8-13-33-23-24-34-15-10-20-44(51(34)49(33)42)45(30-38)52(36)50(35)43/h1-31H. The molecule has 12 rings (SSSR count). The highest BCUT2D eigenvalue weighted by atomic mass is 16.3. The monoisotopic (exact) mass is 685 g/mol. The molecule has 0 saturated carbocycles. The molecule has 11 aromatic carbocycles. The van der Waals surface area contributed by atoms with Gasteiger partial charge >= 0.3 is 0 Å². The smallest absolute Gasteiger partial charge is 0.137 e. The van der Waals surface area contributed by atoms with Crippen LogP contribution in [0, 0.1) is 0 Å². The Labute approximate surface area is 311 Å². The molecule has 12 aromatic rings. The zero-order valence-electron chi connectivity index (χ0n) is 29.3. The number of furan rings is 1. The normalized spacial score (nSPS) is 12.1. The summed E-state index contributed by atoms with van der Waals surface area (Å²) in [5, 5.41) is 17.5. The Morgan fingerprint density at radius 3 is 1.59 bits per heavy atom. The van der Waals surface area contributed by atoms with E-state index in [1.807, 2.05) is 6.07 Å². The average Bonchev–Trinajstić information content (AvgIpc) is 3.60. The van der Waals surface area contributed by atoms with Crippen molar-refractivity contribution in [2.45, 2.75) is 0 Å². The molecule has 0 atom stereocenters. The third kappa shape index (κ3) is 4.17. The van der Waals surface area contributed by atoms with E-state index < -0.39 is 0 Å². The maximum Gasteiger partial charge on any atom is 0.137 e. The Hall–Kier alpha value is -7.16. The first-order valence-electron chi connectivity index (χ1n) is 18.6. The van der Waals surface area contributed by atoms with Crippen molar-refractivity contribution < 1.29 is 4.42 Å². The molecular weight excluding hydrogens is 655 g/mol. The molecule has 0 unspecified atom stereocenters. The number of anilines is 3. The van der Waals surface area contributed by atoms with Crippen LogP contribution in [0.2, 0.25) is 0 Å². The van der Waals surface area contributed by atoms with Gasteiger partial charge in [0.2, 0.25) is 0 Å². The molecule has 0 fully saturated rings. The number of rotatable bonds is 4. The topological polar surface area (TPSA) is 16.4 Å². The van der Waals surface area contributed by atoms with E-state index in [0.29, 0.717) is 0 Å². The van der Waals surface area contributed by atoms with Crippen molar-refractivity contribution in [3.8, 4) is 11.1 Å². The third-order valence-corrected chi connectivity index (χ3v) is 11.5. The van der Waals surface area contributed by atoms with Crippen LogP contribution in [0.4, 0.5) is 17.1 Å². The summed E-state index contributed by atoms with van der Waals surface area (Å²) in [6.07, 6.45) is 0. The van der Waals surface area contributed by atoms with Gasteiger partial charge in [-0.05, 0) is 107 Å². The minimum Gasteiger partial charge on any atom is -0.456 e. The van der Waals surface area contributed by atoms with E-state index in [4.69, 9.17) is 4.42 Å². The maximum atomic E-state index is 6.51. The van der Waals surface area contributed by atoms with Crippen LogP contribution in [0.15, 0.2) is 192 Å². The van der Waals surface area contributed by atoms with Gasteiger partial charge in [0.1, 0.15) is 11.2 Å². The van der Waals surface area contributed by atoms with Gasteiger partial charge in [0.25, 0.3) is 0 Å². The molecule has 54 heavy (non-hydrogen) atoms. The first-order chi connectivity index (χ1) is 26.8. The molecule has 0 radical (unpaired) electrons. The van der Waals surface area contributed by atoms with E-state index in [1.54, 1.807) is 0 Å². The van der Waals surface area contributed by atoms with Gasteiger partial charge < -0.3 is 9.32 Å². The number of hydrogen-bond acceptors (Lipinski definition) is 2. The maximum absolute atomic E-state index is 6.51. The van der Waals surface area contributed by atoms with E-state index in [9.17, 15) is 0 Å². The fourth-order valence-electron chi connectivity index (χ4n) is 9.21. The molecular formula is C52H31NO. The largest absolute Gasteiger partial charge is 0.456 e. The number of nitrogens with zero attached hydrogens (tertiary/aromatic N) is 1. The molecule has 2 heteroatoms. The lowest BCUT2D eigenvalue weighted by molar-refractivity contribution is 0.669. The Kier molecular flexibility index (Phi) is 6.09. The summed E-state index contributed by atoms with van der Waals surface area (Å²) in [7, 11) is 0. The quantitative estimate of drug-likeness (QED) is 0.172. The van der Waals surface area contributed by atoms with Crippen molar-refractivity contribution in [2.75, 3.05) is 4.90 Å². The summed E-state index contributed by atoms with van der Waals surface area (Å²) >= 11 is 0. The number of hydrogen-bond donors (Lipinski definition) is 0. The first kappa shape index (κ1) is 29.4. The molecule has 0 N–H and O–H groups in total. The first-order valence-corrected chi connectivity index (χ1v) is 18.6. The van der Waals surface area contributed by atoms with Crippen molar-refractivity contribution in [1.82, 2.24) is 0 Å². The highest BCUT2D eigenvalue weighted by Gasteiger charge is 2.22. The van der Waals surface area contributed by atoms with Gasteiger partial charge in [0, 0.05) is 33.8 Å². The summed E-state index contributed by atoms with van der Waals surface area (Å²) in [4.78, 5) is 2.43. The minimum absolute atomic E-state index is 0.870. The summed E-state index contributed by atoms with van der Waals surface area (Å²) in [6.45, 7) is 0. The van der Waals surface area contributed by atoms with Crippen molar-refractivity contribution >= 4 is 104 Å². The molecule has 2 nitrogen and oxygen atoms in total. The number of fused-ring (bicyclic) bond motifs is 5. The Morgan fingerprint density at radius 2 is 0.870 bits per heavy atom. The van der Waals surface area contributed by atoms with Crippen LogP contribution in [0.3, 0.4) is 0 Å². The zero-order chi connectivity index (χ0) is 35.3. The molecule has 250 valence electrons. The molecule has 0 amide bonds. The lowest BCUT2D eigenvalue weighted by Crippen LogP contribution is -2.11. The predicted molar refractivity (Wildman–Crippen MR) is 230 cm³/mol. The van der Waals surface area contributed by atoms with Crippen molar-refractivity contribution in [1.29, 1.82) is 0 Å². The fraction of sp³-hybridized carbons (Fsp3) is 0. The van der Waals surface area contributed by atoms with Gasteiger partial charge in [0.05, 0.1) is 5.69 Å². The van der Waals surface area contributed by atoms with Crippen LogP contribution in [-0.4, -0.2) is 0 Å². The van der Waals surface area contributed by atoms with Crippen molar-refractivity contribution in [3.63, 3.8) is 0 Å². The summed E-state index contributed by atoms with van der Waals surface area (Å²) in [5.41, 5.74) is 7.32. The van der Waals surface area contributed by atoms with Crippen LogP contribution in [0.5, 0.6) is 0 Å². The lowest BCUT2D eigenvalue weighted by atomic mass is 9.87. The highest BCUT2D eigenvalue weighted by molar-refractivity contribution is 6.37. The number of para-hydroxylation sites is 2. The second-order valence-corrected chi connectivity index (χ2v) is 14.4. The predicted octanol–water partition coefficient (Wildman–Crippen LogP) is 15.1. The Morgan fingerprint density at radius 1 is 0.315 bits per heavy atom. The van der Waals surface area contributed by atoms with E-state index in [2.05, 4.69) is 187 Å². The Bertz CT molecular complexity index is 3440. The molecule has 0 aliphatic carbocycles. The van der Waals surface area contributed by atoms with Gasteiger partial charge in [-0.2, -0.15) is 0 Å². The second-order valence-electron chi connectivity index (χ2n) is 14.4. The summed E-state index contributed by atoms with van der Waals surface area (Å²) < 4.78 is 6.51. The van der Waals surface area contributed by atoms with E-state index >= 15 is 0 Å². The summed E-state index contributed by atoms with van der Waals surface area (Å²) in [6, 6.07) is 68.8. The molecule has 1 heterocycles. The molecule has 0 bridgehead atoms. The average molecular weight is 686 g/mol. The van der Waals surface area contributed by atoms with Gasteiger partial charge in [-0.3, -0.25) is 0 Å². The van der Waals surface area contributed by atoms with Crippen LogP contribution >= 0.6 is 0 Å². The van der Waals surface area contributed by atoms with Crippen LogP contribution < -0.4 is 4.90 Å². The van der Waals surface area contributed by atoms with Crippen molar-refractivity contribution in [2.24, 2.45) is 0 Å². The van der Waals surface area contributed by atoms with Gasteiger partial charge in [0.15, 0.2) is 0 Å². The highest BCUT2D eigenvalue weighted by Crippen LogP contribution is 2.48. The number of benzene rings is 10. The van der Waals surface area contributed by atoms with Crippen LogP contribution in [-0.2, 0) is 0 Å². The van der Waals surface area contributed by atoms with E-state index in [0.717, 1.165) is 44.6 Å². The molecule has 0 spiro atoms. The molecule has 0 aliphatic rings. The molecule has 0 saturated heterocycles. The van der Waals surface area contributed by atoms with Crippen LogP contribution in [0.1, 0.15) is 0 Å². The molecule has 1 aromatic heterocycles. The second kappa shape index (κ2) is 11.2. The lowest BCUT2D eigenvalue weighted by Gasteiger charge is -2.29. The van der Waals surface area contributed by atoms with Crippen LogP contribution in [0.25, 0.3) is 97.7 Å². The molecule has 0 aliphatic heterocycles. The summed E-state index contributed by atoms with van der Waals surface area (Å²) in [5.74, 6) is 0. The zero-order valence-corrected chi connectivity index (χ0v) is 29.3. The van der Waals surface area contributed by atoms with Gasteiger partial charge in [-0.1, -0.05) is 146 Å². The minimum atomic E-state index is 0.870.